The third-order valence-electron chi connectivity index (χ3n) is 4.28. The number of hydrogen-bond donors (Lipinski definition) is 2. The van der Waals surface area contributed by atoms with Crippen molar-refractivity contribution >= 4 is 11.6 Å². The van der Waals surface area contributed by atoms with Crippen LogP contribution in [-0.2, 0) is 16.0 Å². The molecule has 0 saturated heterocycles. The molecule has 1 aliphatic rings. The Morgan fingerprint density at radius 2 is 2.09 bits per heavy atom. The zero-order valence-corrected chi connectivity index (χ0v) is 13.5. The highest BCUT2D eigenvalue weighted by molar-refractivity contribution is 5.93. The van der Waals surface area contributed by atoms with Gasteiger partial charge in [0.05, 0.1) is 6.10 Å². The minimum Gasteiger partial charge on any atom is -0.396 e. The molecule has 1 saturated carbocycles. The van der Waals surface area contributed by atoms with E-state index in [1.807, 2.05) is 31.2 Å². The van der Waals surface area contributed by atoms with E-state index < -0.39 is 6.10 Å². The summed E-state index contributed by atoms with van der Waals surface area (Å²) in [5.41, 5.74) is 1.82. The Labute approximate surface area is 132 Å². The quantitative estimate of drug-likeness (QED) is 0.849. The molecule has 2 rings (SSSR count). The molecule has 0 aromatic heterocycles. The molecule has 122 valence electrons. The number of carbonyl (C=O) groups excluding carboxylic acids is 1. The van der Waals surface area contributed by atoms with Crippen molar-refractivity contribution in [2.45, 2.75) is 58.2 Å². The van der Waals surface area contributed by atoms with E-state index in [0.29, 0.717) is 12.3 Å². The van der Waals surface area contributed by atoms with E-state index in [9.17, 15) is 4.79 Å². The van der Waals surface area contributed by atoms with Crippen molar-refractivity contribution in [1.82, 2.24) is 0 Å². The van der Waals surface area contributed by atoms with Gasteiger partial charge in [-0.05, 0) is 49.8 Å². The average Bonchev–Trinajstić information content (AvgIpc) is 2.49. The molecule has 4 nitrogen and oxygen atoms in total. The van der Waals surface area contributed by atoms with Crippen LogP contribution in [0.3, 0.4) is 0 Å². The van der Waals surface area contributed by atoms with Gasteiger partial charge >= 0.3 is 0 Å². The lowest BCUT2D eigenvalue weighted by Crippen LogP contribution is -2.33. The Morgan fingerprint density at radius 1 is 1.36 bits per heavy atom. The summed E-state index contributed by atoms with van der Waals surface area (Å²) >= 11 is 0. The smallest absolute Gasteiger partial charge is 0.253 e. The predicted octanol–water partition coefficient (Wildman–Crippen LogP) is 3.14. The lowest BCUT2D eigenvalue weighted by Gasteiger charge is -2.29. The van der Waals surface area contributed by atoms with E-state index in [4.69, 9.17) is 9.84 Å². The molecule has 22 heavy (non-hydrogen) atoms. The molecule has 1 aromatic rings. The Hall–Kier alpha value is -1.39. The molecule has 3 unspecified atom stereocenters. The summed E-state index contributed by atoms with van der Waals surface area (Å²) in [4.78, 5) is 12.2. The molecule has 1 amide bonds. The van der Waals surface area contributed by atoms with Gasteiger partial charge in [0, 0.05) is 12.3 Å². The SMILES string of the molecule is CC1CCCC(OC(C)C(=O)Nc2ccc(CCO)cc2)C1. The summed E-state index contributed by atoms with van der Waals surface area (Å²) in [7, 11) is 0. The molecule has 0 spiro atoms. The number of aliphatic hydroxyl groups is 1. The van der Waals surface area contributed by atoms with Gasteiger partial charge in [-0.3, -0.25) is 4.79 Å². The molecule has 1 fully saturated rings. The maximum absolute atomic E-state index is 12.2. The van der Waals surface area contributed by atoms with Crippen molar-refractivity contribution in [3.63, 3.8) is 0 Å². The van der Waals surface area contributed by atoms with Gasteiger partial charge in [0.25, 0.3) is 5.91 Å². The summed E-state index contributed by atoms with van der Waals surface area (Å²) in [6.07, 6.45) is 4.95. The van der Waals surface area contributed by atoms with Crippen LogP contribution in [0.4, 0.5) is 5.69 Å². The first-order valence-corrected chi connectivity index (χ1v) is 8.24. The molecule has 0 bridgehead atoms. The molecular formula is C18H27NO3. The number of benzene rings is 1. The highest BCUT2D eigenvalue weighted by Gasteiger charge is 2.24. The van der Waals surface area contributed by atoms with Crippen LogP contribution in [0.25, 0.3) is 0 Å². The Balaban J connectivity index is 1.82. The first-order valence-electron chi connectivity index (χ1n) is 8.24. The number of aliphatic hydroxyl groups excluding tert-OH is 1. The Kier molecular flexibility index (Phi) is 6.40. The minimum atomic E-state index is -0.438. The molecule has 1 aromatic carbocycles. The molecule has 4 heteroatoms. The van der Waals surface area contributed by atoms with E-state index in [-0.39, 0.29) is 18.6 Å². The zero-order valence-electron chi connectivity index (χ0n) is 13.5. The number of rotatable bonds is 6. The van der Waals surface area contributed by atoms with E-state index >= 15 is 0 Å². The largest absolute Gasteiger partial charge is 0.396 e. The summed E-state index contributed by atoms with van der Waals surface area (Å²) < 4.78 is 5.91. The molecule has 0 aliphatic heterocycles. The lowest BCUT2D eigenvalue weighted by molar-refractivity contribution is -0.131. The van der Waals surface area contributed by atoms with Crippen molar-refractivity contribution in [2.75, 3.05) is 11.9 Å². The average molecular weight is 305 g/mol. The van der Waals surface area contributed by atoms with E-state index in [2.05, 4.69) is 12.2 Å². The van der Waals surface area contributed by atoms with Gasteiger partial charge in [0.1, 0.15) is 6.10 Å². The van der Waals surface area contributed by atoms with Gasteiger partial charge in [-0.15, -0.1) is 0 Å². The summed E-state index contributed by atoms with van der Waals surface area (Å²) in [5.74, 6) is 0.584. The van der Waals surface area contributed by atoms with Crippen molar-refractivity contribution in [3.8, 4) is 0 Å². The summed E-state index contributed by atoms with van der Waals surface area (Å²) in [6.45, 7) is 4.19. The molecule has 0 radical (unpaired) electrons. The number of amides is 1. The second kappa shape index (κ2) is 8.30. The van der Waals surface area contributed by atoms with Crippen LogP contribution in [0.5, 0.6) is 0 Å². The second-order valence-corrected chi connectivity index (χ2v) is 6.33. The molecule has 0 heterocycles. The number of carbonyl (C=O) groups is 1. The van der Waals surface area contributed by atoms with Gasteiger partial charge in [-0.25, -0.2) is 0 Å². The molecule has 2 N–H and O–H groups in total. The van der Waals surface area contributed by atoms with Crippen LogP contribution in [-0.4, -0.2) is 29.8 Å². The first-order chi connectivity index (χ1) is 10.6. The molecular weight excluding hydrogens is 278 g/mol. The first kappa shape index (κ1) is 17.0. The van der Waals surface area contributed by atoms with Crippen LogP contribution in [0.2, 0.25) is 0 Å². The number of nitrogens with one attached hydrogen (secondary N) is 1. The van der Waals surface area contributed by atoms with Gasteiger partial charge in [-0.2, -0.15) is 0 Å². The minimum absolute atomic E-state index is 0.104. The van der Waals surface area contributed by atoms with Crippen molar-refractivity contribution in [1.29, 1.82) is 0 Å². The highest BCUT2D eigenvalue weighted by Crippen LogP contribution is 2.26. The van der Waals surface area contributed by atoms with Gasteiger partial charge in [0.15, 0.2) is 0 Å². The van der Waals surface area contributed by atoms with Crippen molar-refractivity contribution < 1.29 is 14.6 Å². The fourth-order valence-corrected chi connectivity index (χ4v) is 2.98. The Morgan fingerprint density at radius 3 is 2.73 bits per heavy atom. The van der Waals surface area contributed by atoms with Crippen LogP contribution >= 0.6 is 0 Å². The maximum Gasteiger partial charge on any atom is 0.253 e. The lowest BCUT2D eigenvalue weighted by atomic mass is 9.88. The zero-order chi connectivity index (χ0) is 15.9. The van der Waals surface area contributed by atoms with Crippen LogP contribution < -0.4 is 5.32 Å². The fraction of sp³-hybridized carbons (Fsp3) is 0.611. The van der Waals surface area contributed by atoms with Crippen LogP contribution in [0.15, 0.2) is 24.3 Å². The number of anilines is 1. The van der Waals surface area contributed by atoms with Crippen LogP contribution in [0, 0.1) is 5.92 Å². The van der Waals surface area contributed by atoms with Gasteiger partial charge < -0.3 is 15.2 Å². The predicted molar refractivity (Wildman–Crippen MR) is 87.8 cm³/mol. The normalized spacial score (nSPS) is 23.0. The second-order valence-electron chi connectivity index (χ2n) is 6.33. The highest BCUT2D eigenvalue weighted by atomic mass is 16.5. The summed E-state index contributed by atoms with van der Waals surface area (Å²) in [5, 5.41) is 11.8. The topological polar surface area (TPSA) is 58.6 Å². The van der Waals surface area contributed by atoms with E-state index in [1.165, 1.54) is 12.8 Å². The number of ether oxygens (including phenoxy) is 1. The van der Waals surface area contributed by atoms with Gasteiger partial charge in [0.2, 0.25) is 0 Å². The third-order valence-corrected chi connectivity index (χ3v) is 4.28. The van der Waals surface area contributed by atoms with E-state index in [1.54, 1.807) is 0 Å². The van der Waals surface area contributed by atoms with Gasteiger partial charge in [-0.1, -0.05) is 31.9 Å². The standard InChI is InChI=1S/C18H27NO3/c1-13-4-3-5-17(12-13)22-14(2)18(21)19-16-8-6-15(7-9-16)10-11-20/h6-9,13-14,17,20H,3-5,10-12H2,1-2H3,(H,19,21). The third kappa shape index (κ3) is 5.11. The van der Waals surface area contributed by atoms with E-state index in [0.717, 1.165) is 24.1 Å². The van der Waals surface area contributed by atoms with Crippen molar-refractivity contribution in [2.24, 2.45) is 5.92 Å². The van der Waals surface area contributed by atoms with Crippen LogP contribution in [0.1, 0.15) is 45.1 Å². The number of hydrogen-bond acceptors (Lipinski definition) is 3. The Bertz CT molecular complexity index is 472. The summed E-state index contributed by atoms with van der Waals surface area (Å²) in [6, 6.07) is 7.55. The monoisotopic (exact) mass is 305 g/mol. The molecule has 1 aliphatic carbocycles. The fourth-order valence-electron chi connectivity index (χ4n) is 2.98. The maximum atomic E-state index is 12.2. The molecule has 3 atom stereocenters. The van der Waals surface area contributed by atoms with Crippen molar-refractivity contribution in [3.05, 3.63) is 29.8 Å².